The lowest BCUT2D eigenvalue weighted by Gasteiger charge is -2.06. The van der Waals surface area contributed by atoms with Crippen LogP contribution >= 0.6 is 11.8 Å². The quantitative estimate of drug-likeness (QED) is 0.618. The number of halogens is 1. The summed E-state index contributed by atoms with van der Waals surface area (Å²) in [6.07, 6.45) is 1.79. The fourth-order valence-corrected chi connectivity index (χ4v) is 1.40. The van der Waals surface area contributed by atoms with Crippen molar-refractivity contribution >= 4 is 16.8 Å². The van der Waals surface area contributed by atoms with Crippen LogP contribution in [0.15, 0.2) is 18.2 Å². The molecule has 1 N–H and O–H groups in total. The molecule has 0 saturated carbocycles. The number of nitrogens with one attached hydrogen (secondary N) is 1. The molecule has 0 aliphatic carbocycles. The van der Waals surface area contributed by atoms with Crippen LogP contribution in [0.2, 0.25) is 0 Å². The van der Waals surface area contributed by atoms with Crippen molar-refractivity contribution in [2.45, 2.75) is 6.92 Å². The van der Waals surface area contributed by atoms with E-state index in [0.29, 0.717) is 17.2 Å². The molecule has 4 heteroatoms. The first-order chi connectivity index (χ1) is 6.69. The van der Waals surface area contributed by atoms with E-state index in [-0.39, 0.29) is 5.75 Å². The van der Waals surface area contributed by atoms with Crippen molar-refractivity contribution in [1.82, 2.24) is 0 Å². The highest BCUT2D eigenvalue weighted by Crippen LogP contribution is 2.20. The smallest absolute Gasteiger partial charge is 0.165 e. The summed E-state index contributed by atoms with van der Waals surface area (Å²) in [6, 6.07) is 4.57. The highest BCUT2D eigenvalue weighted by molar-refractivity contribution is 8.13. The van der Waals surface area contributed by atoms with Gasteiger partial charge in [-0.3, -0.25) is 5.41 Å². The van der Waals surface area contributed by atoms with E-state index in [1.165, 1.54) is 17.8 Å². The minimum absolute atomic E-state index is 0.241. The lowest BCUT2D eigenvalue weighted by atomic mass is 10.2. The van der Waals surface area contributed by atoms with Gasteiger partial charge in [0.1, 0.15) is 0 Å². The van der Waals surface area contributed by atoms with E-state index in [4.69, 9.17) is 10.1 Å². The van der Waals surface area contributed by atoms with E-state index in [1.807, 2.05) is 0 Å². The molecule has 2 nitrogen and oxygen atoms in total. The molecule has 1 rings (SSSR count). The SMILES string of the molecule is CCOc1ccc(C(=N)SC)cc1F. The molecule has 76 valence electrons. The first-order valence-electron chi connectivity index (χ1n) is 4.24. The molecular weight excluding hydrogens is 201 g/mol. The second-order valence-electron chi connectivity index (χ2n) is 2.61. The average Bonchev–Trinajstić information content (AvgIpc) is 2.20. The maximum atomic E-state index is 13.3. The Labute approximate surface area is 87.0 Å². The Kier molecular flexibility index (Phi) is 3.95. The molecule has 0 atom stereocenters. The summed E-state index contributed by atoms with van der Waals surface area (Å²) in [5, 5.41) is 7.86. The van der Waals surface area contributed by atoms with Crippen molar-refractivity contribution < 1.29 is 9.13 Å². The van der Waals surface area contributed by atoms with Gasteiger partial charge in [-0.25, -0.2) is 4.39 Å². The predicted octanol–water partition coefficient (Wildman–Crippen LogP) is 2.91. The zero-order chi connectivity index (χ0) is 10.6. The van der Waals surface area contributed by atoms with Crippen molar-refractivity contribution in [3.05, 3.63) is 29.6 Å². The Morgan fingerprint density at radius 2 is 2.29 bits per heavy atom. The number of rotatable bonds is 3. The largest absolute Gasteiger partial charge is 0.491 e. The lowest BCUT2D eigenvalue weighted by molar-refractivity contribution is 0.321. The van der Waals surface area contributed by atoms with E-state index in [9.17, 15) is 4.39 Å². The number of thioether (sulfide) groups is 1. The van der Waals surface area contributed by atoms with Gasteiger partial charge in [0.2, 0.25) is 0 Å². The normalized spacial score (nSPS) is 9.93. The molecule has 1 aromatic carbocycles. The van der Waals surface area contributed by atoms with Gasteiger partial charge in [-0.2, -0.15) is 0 Å². The Bertz CT molecular complexity index is 341. The molecule has 0 bridgehead atoms. The molecule has 0 amide bonds. The zero-order valence-electron chi connectivity index (χ0n) is 8.13. The van der Waals surface area contributed by atoms with Gasteiger partial charge in [0, 0.05) is 5.56 Å². The summed E-state index contributed by atoms with van der Waals surface area (Å²) in [6.45, 7) is 2.24. The second kappa shape index (κ2) is 5.00. The van der Waals surface area contributed by atoms with Gasteiger partial charge in [-0.1, -0.05) is 0 Å². The van der Waals surface area contributed by atoms with Crippen molar-refractivity contribution in [2.75, 3.05) is 12.9 Å². The molecule has 0 saturated heterocycles. The molecule has 0 spiro atoms. The van der Waals surface area contributed by atoms with Gasteiger partial charge in [-0.15, -0.1) is 11.8 Å². The van der Waals surface area contributed by atoms with E-state index >= 15 is 0 Å². The molecule has 1 aromatic rings. The van der Waals surface area contributed by atoms with E-state index < -0.39 is 5.82 Å². The molecule has 0 fully saturated rings. The van der Waals surface area contributed by atoms with Gasteiger partial charge in [-0.05, 0) is 31.4 Å². The molecule has 0 radical (unpaired) electrons. The van der Waals surface area contributed by atoms with Crippen LogP contribution in [0.1, 0.15) is 12.5 Å². The van der Waals surface area contributed by atoms with Crippen molar-refractivity contribution in [1.29, 1.82) is 5.41 Å². The first-order valence-corrected chi connectivity index (χ1v) is 5.46. The minimum Gasteiger partial charge on any atom is -0.491 e. The summed E-state index contributed by atoms with van der Waals surface area (Å²) in [5.41, 5.74) is 0.582. The summed E-state index contributed by atoms with van der Waals surface area (Å²) in [4.78, 5) is 0. The summed E-state index contributed by atoms with van der Waals surface area (Å²) in [5.74, 6) is -0.173. The Morgan fingerprint density at radius 3 is 2.79 bits per heavy atom. The molecule has 0 heterocycles. The van der Waals surface area contributed by atoms with Crippen LogP contribution in [0, 0.1) is 11.2 Å². The van der Waals surface area contributed by atoms with Crippen molar-refractivity contribution in [3.8, 4) is 5.75 Å². The van der Waals surface area contributed by atoms with Crippen LogP contribution in [0.5, 0.6) is 5.75 Å². The van der Waals surface area contributed by atoms with E-state index in [0.717, 1.165) is 0 Å². The molecule has 0 aromatic heterocycles. The van der Waals surface area contributed by atoms with Gasteiger partial charge in [0.25, 0.3) is 0 Å². The summed E-state index contributed by atoms with van der Waals surface area (Å²) in [7, 11) is 0. The topological polar surface area (TPSA) is 33.1 Å². The standard InChI is InChI=1S/C10H12FNOS/c1-3-13-9-5-4-7(6-8(9)11)10(12)14-2/h4-6,12H,3H2,1-2H3. The van der Waals surface area contributed by atoms with Crippen LogP contribution in [-0.4, -0.2) is 17.9 Å². The third-order valence-corrected chi connectivity index (χ3v) is 2.34. The Hall–Kier alpha value is -1.03. The fourth-order valence-electron chi connectivity index (χ4n) is 1.03. The van der Waals surface area contributed by atoms with Crippen LogP contribution in [0.3, 0.4) is 0 Å². The monoisotopic (exact) mass is 213 g/mol. The molecule has 0 aliphatic rings. The van der Waals surface area contributed by atoms with Gasteiger partial charge in [0.05, 0.1) is 11.7 Å². The zero-order valence-corrected chi connectivity index (χ0v) is 8.95. The Balaban J connectivity index is 2.94. The van der Waals surface area contributed by atoms with Crippen LogP contribution in [-0.2, 0) is 0 Å². The van der Waals surface area contributed by atoms with Crippen molar-refractivity contribution in [3.63, 3.8) is 0 Å². The number of ether oxygens (including phenoxy) is 1. The van der Waals surface area contributed by atoms with Crippen molar-refractivity contribution in [2.24, 2.45) is 0 Å². The third-order valence-electron chi connectivity index (χ3n) is 1.70. The second-order valence-corrected chi connectivity index (χ2v) is 3.43. The third kappa shape index (κ3) is 2.48. The highest BCUT2D eigenvalue weighted by Gasteiger charge is 2.06. The maximum Gasteiger partial charge on any atom is 0.165 e. The van der Waals surface area contributed by atoms with Gasteiger partial charge < -0.3 is 4.74 Å². The number of benzene rings is 1. The molecular formula is C10H12FNOS. The number of hydrogen-bond donors (Lipinski definition) is 1. The van der Waals surface area contributed by atoms with Crippen LogP contribution in [0.4, 0.5) is 4.39 Å². The summed E-state index contributed by atoms with van der Waals surface area (Å²) >= 11 is 1.28. The van der Waals surface area contributed by atoms with Crippen LogP contribution < -0.4 is 4.74 Å². The van der Waals surface area contributed by atoms with E-state index in [1.54, 1.807) is 25.3 Å². The maximum absolute atomic E-state index is 13.3. The van der Waals surface area contributed by atoms with Gasteiger partial charge >= 0.3 is 0 Å². The Morgan fingerprint density at radius 1 is 1.57 bits per heavy atom. The lowest BCUT2D eigenvalue weighted by Crippen LogP contribution is -1.98. The predicted molar refractivity (Wildman–Crippen MR) is 57.9 cm³/mol. The molecule has 14 heavy (non-hydrogen) atoms. The highest BCUT2D eigenvalue weighted by atomic mass is 32.2. The first kappa shape index (κ1) is 11.0. The average molecular weight is 213 g/mol. The minimum atomic E-state index is -0.414. The van der Waals surface area contributed by atoms with E-state index in [2.05, 4.69) is 0 Å². The molecule has 0 unspecified atom stereocenters. The number of hydrogen-bond acceptors (Lipinski definition) is 3. The fraction of sp³-hybridized carbons (Fsp3) is 0.300. The molecule has 0 aliphatic heterocycles. The summed E-state index contributed by atoms with van der Waals surface area (Å²) < 4.78 is 18.4. The van der Waals surface area contributed by atoms with Crippen LogP contribution in [0.25, 0.3) is 0 Å². The van der Waals surface area contributed by atoms with Gasteiger partial charge in [0.15, 0.2) is 11.6 Å².